The second-order valence-corrected chi connectivity index (χ2v) is 9.49. The lowest BCUT2D eigenvalue weighted by Gasteiger charge is -2.19. The van der Waals surface area contributed by atoms with Crippen molar-refractivity contribution in [1.29, 1.82) is 0 Å². The van der Waals surface area contributed by atoms with E-state index < -0.39 is 26.6 Å². The summed E-state index contributed by atoms with van der Waals surface area (Å²) in [6.45, 7) is 3.74. The number of aromatic amines is 1. The van der Waals surface area contributed by atoms with E-state index in [1.54, 1.807) is 32.0 Å². The molecule has 0 unspecified atom stereocenters. The van der Waals surface area contributed by atoms with Crippen molar-refractivity contribution in [3.63, 3.8) is 0 Å². The van der Waals surface area contributed by atoms with Crippen molar-refractivity contribution in [3.8, 4) is 11.4 Å². The van der Waals surface area contributed by atoms with Crippen LogP contribution in [0, 0.1) is 5.82 Å². The zero-order chi connectivity index (χ0) is 22.9. The van der Waals surface area contributed by atoms with E-state index >= 15 is 0 Å². The van der Waals surface area contributed by atoms with E-state index in [-0.39, 0.29) is 18.7 Å². The molecular formula is C22H24FN5O3S. The van der Waals surface area contributed by atoms with Crippen molar-refractivity contribution < 1.29 is 17.6 Å². The number of amides is 1. The second kappa shape index (κ2) is 8.79. The molecule has 168 valence electrons. The number of nitrogens with zero attached hydrogens (tertiary/aromatic N) is 3. The van der Waals surface area contributed by atoms with Crippen LogP contribution in [-0.4, -0.2) is 46.9 Å². The van der Waals surface area contributed by atoms with Crippen molar-refractivity contribution in [2.75, 3.05) is 18.4 Å². The summed E-state index contributed by atoms with van der Waals surface area (Å²) in [5.41, 5.74) is 1.26. The first-order valence-corrected chi connectivity index (χ1v) is 11.9. The maximum atomic E-state index is 14.3. The predicted molar refractivity (Wildman–Crippen MR) is 118 cm³/mol. The first-order valence-electron chi connectivity index (χ1n) is 10.5. The van der Waals surface area contributed by atoms with Gasteiger partial charge in [-0.2, -0.15) is 9.40 Å². The van der Waals surface area contributed by atoms with Crippen molar-refractivity contribution in [1.82, 2.24) is 19.5 Å². The maximum absolute atomic E-state index is 14.3. The van der Waals surface area contributed by atoms with Crippen LogP contribution in [0.4, 0.5) is 10.1 Å². The van der Waals surface area contributed by atoms with Gasteiger partial charge in [0, 0.05) is 35.8 Å². The highest BCUT2D eigenvalue weighted by atomic mass is 32.2. The minimum atomic E-state index is -4.04. The number of sulfonamides is 1. The molecule has 0 spiro atoms. The number of benzene rings is 2. The van der Waals surface area contributed by atoms with E-state index in [4.69, 9.17) is 0 Å². The fourth-order valence-corrected chi connectivity index (χ4v) is 4.98. The minimum Gasteiger partial charge on any atom is -0.322 e. The number of hydrogen-bond acceptors (Lipinski definition) is 5. The Morgan fingerprint density at radius 1 is 1.19 bits per heavy atom. The Morgan fingerprint density at radius 2 is 1.94 bits per heavy atom. The Labute approximate surface area is 185 Å². The molecule has 1 heterocycles. The zero-order valence-electron chi connectivity index (χ0n) is 17.8. The molecule has 0 saturated heterocycles. The number of H-pyrrole nitrogens is 1. The fourth-order valence-electron chi connectivity index (χ4n) is 3.43. The van der Waals surface area contributed by atoms with Gasteiger partial charge in [-0.3, -0.25) is 9.89 Å². The lowest BCUT2D eigenvalue weighted by Crippen LogP contribution is -2.31. The normalized spacial score (nSPS) is 14.0. The molecule has 10 heteroatoms. The summed E-state index contributed by atoms with van der Waals surface area (Å²) in [5.74, 6) is 0.401. The predicted octanol–water partition coefficient (Wildman–Crippen LogP) is 3.77. The van der Waals surface area contributed by atoms with Gasteiger partial charge in [-0.05, 0) is 43.2 Å². The van der Waals surface area contributed by atoms with Crippen LogP contribution >= 0.6 is 0 Å². The molecule has 1 aromatic heterocycles. The summed E-state index contributed by atoms with van der Waals surface area (Å²) in [5, 5.41) is 9.93. The Morgan fingerprint density at radius 3 is 2.62 bits per heavy atom. The fraction of sp³-hybridized carbons (Fsp3) is 0.318. The van der Waals surface area contributed by atoms with Crippen molar-refractivity contribution in [3.05, 3.63) is 59.7 Å². The number of rotatable bonds is 8. The average molecular weight is 458 g/mol. The summed E-state index contributed by atoms with van der Waals surface area (Å²) in [6, 6.07) is 10.4. The van der Waals surface area contributed by atoms with Gasteiger partial charge in [0.15, 0.2) is 5.82 Å². The summed E-state index contributed by atoms with van der Waals surface area (Å²) in [4.78, 5) is 16.8. The van der Waals surface area contributed by atoms with Gasteiger partial charge in [0.2, 0.25) is 10.0 Å². The van der Waals surface area contributed by atoms with Crippen LogP contribution in [0.5, 0.6) is 0 Å². The quantitative estimate of drug-likeness (QED) is 0.535. The molecule has 0 bridgehead atoms. The van der Waals surface area contributed by atoms with Crippen LogP contribution in [-0.2, 0) is 10.0 Å². The lowest BCUT2D eigenvalue weighted by atomic mass is 10.1. The number of anilines is 1. The number of aromatic nitrogens is 3. The van der Waals surface area contributed by atoms with Crippen LogP contribution in [0.25, 0.3) is 11.4 Å². The van der Waals surface area contributed by atoms with Gasteiger partial charge >= 0.3 is 0 Å². The highest BCUT2D eigenvalue weighted by Gasteiger charge is 2.28. The van der Waals surface area contributed by atoms with E-state index in [2.05, 4.69) is 20.5 Å². The Kier molecular flexibility index (Phi) is 6.07. The highest BCUT2D eigenvalue weighted by molar-refractivity contribution is 7.89. The molecule has 1 fully saturated rings. The molecule has 2 aromatic carbocycles. The third-order valence-corrected chi connectivity index (χ3v) is 7.43. The third kappa shape index (κ3) is 4.42. The Bertz CT molecular complexity index is 1250. The van der Waals surface area contributed by atoms with Gasteiger partial charge in [0.25, 0.3) is 5.91 Å². The van der Waals surface area contributed by atoms with Crippen LogP contribution in [0.15, 0.2) is 47.4 Å². The maximum Gasteiger partial charge on any atom is 0.255 e. The van der Waals surface area contributed by atoms with Gasteiger partial charge in [-0.1, -0.05) is 26.0 Å². The van der Waals surface area contributed by atoms with Crippen LogP contribution in [0.1, 0.15) is 48.8 Å². The number of carbonyl (C=O) groups excluding carboxylic acids is 1. The van der Waals surface area contributed by atoms with E-state index in [1.165, 1.54) is 6.07 Å². The molecule has 1 aliphatic rings. The highest BCUT2D eigenvalue weighted by Crippen LogP contribution is 2.38. The Balaban J connectivity index is 1.56. The van der Waals surface area contributed by atoms with E-state index in [9.17, 15) is 17.6 Å². The largest absolute Gasteiger partial charge is 0.322 e. The van der Waals surface area contributed by atoms with Gasteiger partial charge in [-0.25, -0.2) is 17.8 Å². The summed E-state index contributed by atoms with van der Waals surface area (Å²) < 4.78 is 41.0. The zero-order valence-corrected chi connectivity index (χ0v) is 18.6. The SMILES string of the molecule is CCN(CC)S(=O)(=O)c1cc(C(=O)Nc2cccc(-c3n[nH]c(C4CC4)n3)c2)ccc1F. The molecule has 32 heavy (non-hydrogen) atoms. The summed E-state index contributed by atoms with van der Waals surface area (Å²) >= 11 is 0. The minimum absolute atomic E-state index is 0.0384. The summed E-state index contributed by atoms with van der Waals surface area (Å²) in [7, 11) is -4.04. The molecule has 0 atom stereocenters. The molecule has 0 radical (unpaired) electrons. The standard InChI is InChI=1S/C22H24FN5O3S/c1-3-28(4-2)32(30,31)19-13-16(10-11-18(19)23)22(29)24-17-7-5-6-15(12-17)21-25-20(26-27-21)14-8-9-14/h5-7,10-14H,3-4,8-9H2,1-2H3,(H,24,29)(H,25,26,27). The van der Waals surface area contributed by atoms with Crippen molar-refractivity contribution in [2.45, 2.75) is 37.5 Å². The van der Waals surface area contributed by atoms with Gasteiger partial charge < -0.3 is 5.32 Å². The number of nitrogens with one attached hydrogen (secondary N) is 2. The monoisotopic (exact) mass is 457 g/mol. The molecular weight excluding hydrogens is 433 g/mol. The number of hydrogen-bond donors (Lipinski definition) is 2. The van der Waals surface area contributed by atoms with Gasteiger partial charge in [0.05, 0.1) is 0 Å². The molecule has 0 aliphatic heterocycles. The van der Waals surface area contributed by atoms with E-state index in [1.807, 2.05) is 6.07 Å². The molecule has 1 amide bonds. The van der Waals surface area contributed by atoms with Crippen LogP contribution in [0.3, 0.4) is 0 Å². The van der Waals surface area contributed by atoms with E-state index in [0.717, 1.165) is 40.7 Å². The Hall–Kier alpha value is -3.11. The van der Waals surface area contributed by atoms with E-state index in [0.29, 0.717) is 17.4 Å². The van der Waals surface area contributed by atoms with Crippen molar-refractivity contribution in [2.24, 2.45) is 0 Å². The molecule has 2 N–H and O–H groups in total. The molecule has 1 saturated carbocycles. The van der Waals surface area contributed by atoms with Crippen LogP contribution in [0.2, 0.25) is 0 Å². The third-order valence-electron chi connectivity index (χ3n) is 5.36. The number of carbonyl (C=O) groups is 1. The molecule has 1 aliphatic carbocycles. The molecule has 4 rings (SSSR count). The topological polar surface area (TPSA) is 108 Å². The molecule has 3 aromatic rings. The van der Waals surface area contributed by atoms with Crippen molar-refractivity contribution >= 4 is 21.6 Å². The van der Waals surface area contributed by atoms with Crippen LogP contribution < -0.4 is 5.32 Å². The molecule has 8 nitrogen and oxygen atoms in total. The summed E-state index contributed by atoms with van der Waals surface area (Å²) in [6.07, 6.45) is 2.21. The lowest BCUT2D eigenvalue weighted by molar-refractivity contribution is 0.102. The van der Waals surface area contributed by atoms with Gasteiger partial charge in [-0.15, -0.1) is 0 Å². The first-order chi connectivity index (χ1) is 15.3. The average Bonchev–Trinajstić information content (AvgIpc) is 3.51. The van der Waals surface area contributed by atoms with Gasteiger partial charge in [0.1, 0.15) is 16.5 Å². The number of halogens is 1. The second-order valence-electron chi connectivity index (χ2n) is 7.59. The first kappa shape index (κ1) is 22.1. The smallest absolute Gasteiger partial charge is 0.255 e.